The zero-order valence-corrected chi connectivity index (χ0v) is 11.5. The van der Waals surface area contributed by atoms with Crippen LogP contribution in [0.4, 0.5) is 0 Å². The minimum absolute atomic E-state index is 0.920. The van der Waals surface area contributed by atoms with Crippen LogP contribution < -0.4 is 0 Å². The molecule has 0 nitrogen and oxygen atoms in total. The first-order chi connectivity index (χ1) is 9.88. The van der Waals surface area contributed by atoms with E-state index < -0.39 is 0 Å². The summed E-state index contributed by atoms with van der Waals surface area (Å²) in [6.07, 6.45) is 3.90. The van der Waals surface area contributed by atoms with Gasteiger partial charge in [-0.25, -0.2) is 0 Å². The summed E-state index contributed by atoms with van der Waals surface area (Å²) < 4.78 is 0. The molecule has 0 N–H and O–H groups in total. The lowest BCUT2D eigenvalue weighted by Crippen LogP contribution is -1.96. The highest BCUT2D eigenvalue weighted by molar-refractivity contribution is 5.87. The number of rotatable bonds is 4. The fourth-order valence-electron chi connectivity index (χ4n) is 2.75. The molecule has 0 heterocycles. The number of hydrogen-bond donors (Lipinski definition) is 0. The summed E-state index contributed by atoms with van der Waals surface area (Å²) in [4.78, 5) is 0. The molecule has 98 valence electrons. The predicted molar refractivity (Wildman–Crippen MR) is 87.1 cm³/mol. The third-order valence-electron chi connectivity index (χ3n) is 3.72. The Bertz CT molecular complexity index is 723. The molecular formula is C20H18. The van der Waals surface area contributed by atoms with Crippen molar-refractivity contribution in [2.45, 2.75) is 12.8 Å². The van der Waals surface area contributed by atoms with Crippen LogP contribution in [0.1, 0.15) is 16.7 Å². The fourth-order valence-corrected chi connectivity index (χ4v) is 2.75. The van der Waals surface area contributed by atoms with Gasteiger partial charge in [-0.05, 0) is 40.3 Å². The van der Waals surface area contributed by atoms with E-state index in [1.54, 1.807) is 0 Å². The van der Waals surface area contributed by atoms with E-state index in [0.29, 0.717) is 0 Å². The van der Waals surface area contributed by atoms with Crippen LogP contribution in [-0.2, 0) is 12.8 Å². The summed E-state index contributed by atoms with van der Waals surface area (Å²) in [5.41, 5.74) is 4.16. The highest BCUT2D eigenvalue weighted by Gasteiger charge is 2.07. The Morgan fingerprint density at radius 3 is 2.35 bits per heavy atom. The molecule has 0 aromatic heterocycles. The first kappa shape index (κ1) is 12.7. The van der Waals surface area contributed by atoms with E-state index in [2.05, 4.69) is 73.3 Å². The summed E-state index contributed by atoms with van der Waals surface area (Å²) in [7, 11) is 0. The highest BCUT2D eigenvalue weighted by Crippen LogP contribution is 2.25. The summed E-state index contributed by atoms with van der Waals surface area (Å²) in [6.45, 7) is 3.91. The van der Waals surface area contributed by atoms with Crippen molar-refractivity contribution in [2.24, 2.45) is 0 Å². The number of allylic oxidation sites excluding steroid dienone is 1. The Hall–Kier alpha value is -2.34. The Balaban J connectivity index is 2.10. The Labute approximate surface area is 120 Å². The molecule has 0 radical (unpaired) electrons. The van der Waals surface area contributed by atoms with Crippen molar-refractivity contribution in [1.29, 1.82) is 0 Å². The molecule has 0 fully saturated rings. The minimum atomic E-state index is 0.920. The SMILES string of the molecule is C=CCc1c(Cc2ccccc2)ccc2ccccc12. The molecule has 0 aliphatic heterocycles. The molecule has 20 heavy (non-hydrogen) atoms. The number of fused-ring (bicyclic) bond motifs is 1. The van der Waals surface area contributed by atoms with Gasteiger partial charge in [0, 0.05) is 0 Å². The van der Waals surface area contributed by atoms with Crippen LogP contribution in [0.3, 0.4) is 0 Å². The summed E-state index contributed by atoms with van der Waals surface area (Å²) >= 11 is 0. The molecule has 0 bridgehead atoms. The lowest BCUT2D eigenvalue weighted by molar-refractivity contribution is 1.13. The van der Waals surface area contributed by atoms with Crippen molar-refractivity contribution in [2.75, 3.05) is 0 Å². The Morgan fingerprint density at radius 1 is 0.800 bits per heavy atom. The van der Waals surface area contributed by atoms with Crippen LogP contribution in [-0.4, -0.2) is 0 Å². The molecule has 0 aliphatic rings. The van der Waals surface area contributed by atoms with Crippen LogP contribution in [0.25, 0.3) is 10.8 Å². The van der Waals surface area contributed by atoms with Gasteiger partial charge >= 0.3 is 0 Å². The quantitative estimate of drug-likeness (QED) is 0.567. The summed E-state index contributed by atoms with van der Waals surface area (Å²) in [5.74, 6) is 0. The van der Waals surface area contributed by atoms with Gasteiger partial charge < -0.3 is 0 Å². The van der Waals surface area contributed by atoms with E-state index in [1.807, 2.05) is 6.08 Å². The van der Waals surface area contributed by atoms with E-state index in [9.17, 15) is 0 Å². The van der Waals surface area contributed by atoms with Crippen LogP contribution in [0.15, 0.2) is 79.4 Å². The second-order valence-electron chi connectivity index (χ2n) is 5.08. The van der Waals surface area contributed by atoms with Gasteiger partial charge in [0.15, 0.2) is 0 Å². The zero-order valence-electron chi connectivity index (χ0n) is 11.5. The maximum absolute atomic E-state index is 3.91. The summed E-state index contributed by atoms with van der Waals surface area (Å²) in [6, 6.07) is 23.7. The maximum Gasteiger partial charge on any atom is -0.00227 e. The van der Waals surface area contributed by atoms with Gasteiger partial charge in [-0.3, -0.25) is 0 Å². The average Bonchev–Trinajstić information content (AvgIpc) is 2.51. The smallest absolute Gasteiger partial charge is 0.00227 e. The van der Waals surface area contributed by atoms with E-state index in [0.717, 1.165) is 12.8 Å². The van der Waals surface area contributed by atoms with Crippen molar-refractivity contribution in [3.63, 3.8) is 0 Å². The van der Waals surface area contributed by atoms with Crippen LogP contribution >= 0.6 is 0 Å². The van der Waals surface area contributed by atoms with Gasteiger partial charge in [0.1, 0.15) is 0 Å². The van der Waals surface area contributed by atoms with Crippen molar-refractivity contribution < 1.29 is 0 Å². The lowest BCUT2D eigenvalue weighted by atomic mass is 9.93. The van der Waals surface area contributed by atoms with Crippen molar-refractivity contribution >= 4 is 10.8 Å². The number of benzene rings is 3. The van der Waals surface area contributed by atoms with Crippen LogP contribution in [0, 0.1) is 0 Å². The third kappa shape index (κ3) is 2.50. The van der Waals surface area contributed by atoms with Crippen molar-refractivity contribution in [1.82, 2.24) is 0 Å². The Kier molecular flexibility index (Phi) is 3.64. The average molecular weight is 258 g/mol. The van der Waals surface area contributed by atoms with E-state index in [1.165, 1.54) is 27.5 Å². The molecular weight excluding hydrogens is 240 g/mol. The fraction of sp³-hybridized carbons (Fsp3) is 0.100. The molecule has 0 amide bonds. The first-order valence-electron chi connectivity index (χ1n) is 7.03. The van der Waals surface area contributed by atoms with Crippen LogP contribution in [0.5, 0.6) is 0 Å². The molecule has 0 atom stereocenters. The molecule has 0 saturated heterocycles. The van der Waals surface area contributed by atoms with E-state index >= 15 is 0 Å². The Morgan fingerprint density at radius 2 is 1.55 bits per heavy atom. The van der Waals surface area contributed by atoms with E-state index in [4.69, 9.17) is 0 Å². The van der Waals surface area contributed by atoms with Gasteiger partial charge in [0.25, 0.3) is 0 Å². The lowest BCUT2D eigenvalue weighted by Gasteiger charge is -2.12. The second-order valence-corrected chi connectivity index (χ2v) is 5.08. The summed E-state index contributed by atoms with van der Waals surface area (Å²) in [5, 5.41) is 2.65. The first-order valence-corrected chi connectivity index (χ1v) is 7.03. The van der Waals surface area contributed by atoms with Crippen molar-refractivity contribution in [3.05, 3.63) is 96.1 Å². The minimum Gasteiger partial charge on any atom is -0.103 e. The van der Waals surface area contributed by atoms with Gasteiger partial charge in [-0.15, -0.1) is 6.58 Å². The number of hydrogen-bond acceptors (Lipinski definition) is 0. The molecule has 0 aliphatic carbocycles. The molecule has 3 aromatic rings. The molecule has 0 saturated carbocycles. The monoisotopic (exact) mass is 258 g/mol. The zero-order chi connectivity index (χ0) is 13.8. The van der Waals surface area contributed by atoms with Crippen molar-refractivity contribution in [3.8, 4) is 0 Å². The van der Waals surface area contributed by atoms with Gasteiger partial charge in [-0.2, -0.15) is 0 Å². The topological polar surface area (TPSA) is 0 Å². The molecule has 3 aromatic carbocycles. The van der Waals surface area contributed by atoms with E-state index in [-0.39, 0.29) is 0 Å². The maximum atomic E-state index is 3.91. The normalized spacial score (nSPS) is 10.6. The third-order valence-corrected chi connectivity index (χ3v) is 3.72. The largest absolute Gasteiger partial charge is 0.103 e. The van der Waals surface area contributed by atoms with Gasteiger partial charge in [0.05, 0.1) is 0 Å². The van der Waals surface area contributed by atoms with Gasteiger partial charge in [-0.1, -0.05) is 72.8 Å². The second kappa shape index (κ2) is 5.75. The molecule has 3 rings (SSSR count). The standard InChI is InChI=1S/C20H18/c1-2-8-19-18(15-16-9-4-3-5-10-16)14-13-17-11-6-7-12-20(17)19/h2-7,9-14H,1,8,15H2. The highest BCUT2D eigenvalue weighted by atomic mass is 14.1. The van der Waals surface area contributed by atoms with Gasteiger partial charge in [0.2, 0.25) is 0 Å². The molecule has 0 heteroatoms. The molecule has 0 spiro atoms. The van der Waals surface area contributed by atoms with Crippen LogP contribution in [0.2, 0.25) is 0 Å². The predicted octanol–water partition coefficient (Wildman–Crippen LogP) is 5.16. The molecule has 0 unspecified atom stereocenters.